The van der Waals surface area contributed by atoms with Gasteiger partial charge in [-0.25, -0.2) is 0 Å². The summed E-state index contributed by atoms with van der Waals surface area (Å²) in [6.45, 7) is 7.35. The molecule has 0 saturated carbocycles. The highest BCUT2D eigenvalue weighted by Gasteiger charge is 2.44. The van der Waals surface area contributed by atoms with Gasteiger partial charge in [-0.2, -0.15) is 0 Å². The molecule has 6 nitrogen and oxygen atoms in total. The van der Waals surface area contributed by atoms with Gasteiger partial charge in [-0.1, -0.05) is 0 Å². The second-order valence-corrected chi connectivity index (χ2v) is 8.03. The van der Waals surface area contributed by atoms with Crippen molar-refractivity contribution in [2.45, 2.75) is 45.8 Å². The van der Waals surface area contributed by atoms with Crippen LogP contribution in [0.5, 0.6) is 0 Å². The van der Waals surface area contributed by atoms with Gasteiger partial charge >= 0.3 is 0 Å². The van der Waals surface area contributed by atoms with E-state index in [4.69, 9.17) is 9.15 Å². The van der Waals surface area contributed by atoms with Gasteiger partial charge in [0.25, 0.3) is 5.91 Å². The first kappa shape index (κ1) is 15.8. The van der Waals surface area contributed by atoms with Crippen molar-refractivity contribution in [3.63, 3.8) is 0 Å². The van der Waals surface area contributed by atoms with Crippen molar-refractivity contribution in [2.24, 2.45) is 5.92 Å². The van der Waals surface area contributed by atoms with E-state index in [-0.39, 0.29) is 18.1 Å². The van der Waals surface area contributed by atoms with Crippen LogP contribution in [-0.4, -0.2) is 46.3 Å². The number of rotatable bonds is 3. The van der Waals surface area contributed by atoms with Crippen LogP contribution in [0.1, 0.15) is 38.3 Å². The number of hydrogen-bond donors (Lipinski definition) is 0. The summed E-state index contributed by atoms with van der Waals surface area (Å²) >= 11 is 1.58. The number of fused-ring (bicyclic) bond motifs is 1. The van der Waals surface area contributed by atoms with Gasteiger partial charge < -0.3 is 14.1 Å². The zero-order chi connectivity index (χ0) is 16.8. The molecular formula is C17H21N3O3S. The van der Waals surface area contributed by atoms with Crippen molar-refractivity contribution in [3.05, 3.63) is 33.2 Å². The molecule has 2 aromatic heterocycles. The summed E-state index contributed by atoms with van der Waals surface area (Å²) in [6.07, 6.45) is 1.84. The van der Waals surface area contributed by atoms with Crippen LogP contribution in [0.25, 0.3) is 0 Å². The number of aryl methyl sites for hydroxylation is 3. The Bertz CT molecular complexity index is 735. The van der Waals surface area contributed by atoms with Gasteiger partial charge in [0.15, 0.2) is 0 Å². The number of nitrogens with zero attached hydrogens (tertiary/aromatic N) is 3. The molecule has 0 aromatic carbocycles. The number of ether oxygens (including phenoxy) is 1. The molecule has 0 radical (unpaired) electrons. The fourth-order valence-corrected chi connectivity index (χ4v) is 4.61. The molecule has 0 bridgehead atoms. The molecule has 128 valence electrons. The molecule has 0 spiro atoms. The summed E-state index contributed by atoms with van der Waals surface area (Å²) in [4.78, 5) is 16.7. The maximum absolute atomic E-state index is 12.7. The standard InChI is InChI=1S/C17H21N3O3S/c1-9-4-15(24-10(9)2)17(21)20-7-12-5-13(23-14(12)8-20)6-16-19-18-11(3)22-16/h4,12-14H,5-8H2,1-3H3/t12-,13+,14+/m0/s1. The largest absolute Gasteiger partial charge is 0.426 e. The van der Waals surface area contributed by atoms with E-state index in [2.05, 4.69) is 17.1 Å². The Balaban J connectivity index is 1.36. The van der Waals surface area contributed by atoms with E-state index >= 15 is 0 Å². The molecule has 2 aliphatic heterocycles. The van der Waals surface area contributed by atoms with Crippen molar-refractivity contribution in [1.29, 1.82) is 0 Å². The van der Waals surface area contributed by atoms with Crippen LogP contribution in [0.2, 0.25) is 0 Å². The molecule has 4 heterocycles. The quantitative estimate of drug-likeness (QED) is 0.853. The highest BCUT2D eigenvalue weighted by Crippen LogP contribution is 2.35. The molecule has 7 heteroatoms. The van der Waals surface area contributed by atoms with Crippen molar-refractivity contribution < 1.29 is 13.9 Å². The Morgan fingerprint density at radius 1 is 1.33 bits per heavy atom. The molecular weight excluding hydrogens is 326 g/mol. The van der Waals surface area contributed by atoms with Gasteiger partial charge in [-0.3, -0.25) is 4.79 Å². The smallest absolute Gasteiger partial charge is 0.264 e. The number of thiophene rings is 1. The molecule has 1 amide bonds. The molecule has 2 aromatic rings. The predicted octanol–water partition coefficient (Wildman–Crippen LogP) is 2.53. The van der Waals surface area contributed by atoms with Gasteiger partial charge in [0.1, 0.15) is 0 Å². The van der Waals surface area contributed by atoms with Gasteiger partial charge in [-0.15, -0.1) is 21.5 Å². The summed E-state index contributed by atoms with van der Waals surface area (Å²) in [5.41, 5.74) is 1.19. The normalized spacial score (nSPS) is 26.1. The summed E-state index contributed by atoms with van der Waals surface area (Å²) in [5.74, 6) is 1.76. The van der Waals surface area contributed by atoms with Crippen LogP contribution >= 0.6 is 11.3 Å². The van der Waals surface area contributed by atoms with E-state index in [1.165, 1.54) is 10.4 Å². The van der Waals surface area contributed by atoms with Crippen molar-refractivity contribution in [3.8, 4) is 0 Å². The molecule has 2 saturated heterocycles. The number of amides is 1. The Morgan fingerprint density at radius 2 is 2.17 bits per heavy atom. The number of hydrogen-bond acceptors (Lipinski definition) is 6. The molecule has 0 unspecified atom stereocenters. The fourth-order valence-electron chi connectivity index (χ4n) is 3.61. The minimum atomic E-state index is 0.114. The third kappa shape index (κ3) is 2.86. The number of carbonyl (C=O) groups is 1. The Hall–Kier alpha value is -1.73. The Labute approximate surface area is 144 Å². The van der Waals surface area contributed by atoms with Crippen LogP contribution in [0.15, 0.2) is 10.5 Å². The van der Waals surface area contributed by atoms with Gasteiger partial charge in [-0.05, 0) is 31.9 Å². The van der Waals surface area contributed by atoms with Crippen molar-refractivity contribution in [2.75, 3.05) is 13.1 Å². The van der Waals surface area contributed by atoms with E-state index < -0.39 is 0 Å². The number of aromatic nitrogens is 2. The van der Waals surface area contributed by atoms with E-state index in [9.17, 15) is 4.79 Å². The summed E-state index contributed by atoms with van der Waals surface area (Å²) < 4.78 is 11.6. The zero-order valence-corrected chi connectivity index (χ0v) is 14.9. The van der Waals surface area contributed by atoms with Gasteiger partial charge in [0.2, 0.25) is 11.8 Å². The lowest BCUT2D eigenvalue weighted by molar-refractivity contribution is 0.0336. The van der Waals surface area contributed by atoms with Crippen molar-refractivity contribution >= 4 is 17.2 Å². The molecule has 24 heavy (non-hydrogen) atoms. The SMILES string of the molecule is Cc1nnc(C[C@H]2C[C@H]3CN(C(=O)c4cc(C)c(C)s4)C[C@H]3O2)o1. The monoisotopic (exact) mass is 347 g/mol. The van der Waals surface area contributed by atoms with Crippen LogP contribution in [0.3, 0.4) is 0 Å². The Morgan fingerprint density at radius 3 is 2.79 bits per heavy atom. The first-order valence-electron chi connectivity index (χ1n) is 8.30. The van der Waals surface area contributed by atoms with Crippen molar-refractivity contribution in [1.82, 2.24) is 15.1 Å². The number of carbonyl (C=O) groups excluding carboxylic acids is 1. The summed E-state index contributed by atoms with van der Waals surface area (Å²) in [5, 5.41) is 7.89. The van der Waals surface area contributed by atoms with Crippen LogP contribution in [-0.2, 0) is 11.2 Å². The fraction of sp³-hybridized carbons (Fsp3) is 0.588. The molecule has 2 aliphatic rings. The highest BCUT2D eigenvalue weighted by molar-refractivity contribution is 7.14. The summed E-state index contributed by atoms with van der Waals surface area (Å²) in [7, 11) is 0. The maximum atomic E-state index is 12.7. The van der Waals surface area contributed by atoms with Crippen LogP contribution in [0, 0.1) is 26.7 Å². The van der Waals surface area contributed by atoms with E-state index in [0.717, 1.165) is 17.8 Å². The minimum absolute atomic E-state index is 0.114. The molecule has 3 atom stereocenters. The topological polar surface area (TPSA) is 68.5 Å². The summed E-state index contributed by atoms with van der Waals surface area (Å²) in [6, 6.07) is 2.00. The first-order valence-corrected chi connectivity index (χ1v) is 9.12. The molecule has 0 N–H and O–H groups in total. The first-order chi connectivity index (χ1) is 11.5. The predicted molar refractivity (Wildman–Crippen MR) is 89.2 cm³/mol. The average molecular weight is 347 g/mol. The average Bonchev–Trinajstić information content (AvgIpc) is 3.25. The van der Waals surface area contributed by atoms with Gasteiger partial charge in [0, 0.05) is 30.8 Å². The lowest BCUT2D eigenvalue weighted by atomic mass is 10.0. The van der Waals surface area contributed by atoms with Crippen LogP contribution in [0.4, 0.5) is 0 Å². The minimum Gasteiger partial charge on any atom is -0.426 e. The second kappa shape index (κ2) is 5.97. The zero-order valence-electron chi connectivity index (χ0n) is 14.1. The lowest BCUT2D eigenvalue weighted by Gasteiger charge is -2.18. The lowest BCUT2D eigenvalue weighted by Crippen LogP contribution is -2.31. The van der Waals surface area contributed by atoms with Gasteiger partial charge in [0.05, 0.1) is 23.5 Å². The van der Waals surface area contributed by atoms with E-state index in [1.54, 1.807) is 18.3 Å². The molecule has 4 rings (SSSR count). The third-order valence-electron chi connectivity index (χ3n) is 4.95. The van der Waals surface area contributed by atoms with E-state index in [1.807, 2.05) is 17.9 Å². The van der Waals surface area contributed by atoms with E-state index in [0.29, 0.717) is 30.7 Å². The Kier molecular flexibility index (Phi) is 3.92. The van der Waals surface area contributed by atoms with Crippen LogP contribution < -0.4 is 0 Å². The third-order valence-corrected chi connectivity index (χ3v) is 6.09. The molecule has 0 aliphatic carbocycles. The maximum Gasteiger partial charge on any atom is 0.264 e. The molecule has 2 fully saturated rings. The number of likely N-dealkylation sites (tertiary alicyclic amines) is 1. The second-order valence-electron chi connectivity index (χ2n) is 6.77. The highest BCUT2D eigenvalue weighted by atomic mass is 32.1.